The second kappa shape index (κ2) is 8.79. The molecular formula is C26H21FN2O4S. The number of ether oxygens (including phenoxy) is 1. The Morgan fingerprint density at radius 2 is 2.00 bits per heavy atom. The van der Waals surface area contributed by atoms with Gasteiger partial charge in [0, 0.05) is 23.6 Å². The molecule has 2 aromatic carbocycles. The van der Waals surface area contributed by atoms with Gasteiger partial charge in [0.2, 0.25) is 5.78 Å². The van der Waals surface area contributed by atoms with Gasteiger partial charge in [0.15, 0.2) is 5.76 Å². The molecule has 4 aromatic rings. The van der Waals surface area contributed by atoms with Crippen LogP contribution in [0, 0.1) is 5.82 Å². The van der Waals surface area contributed by atoms with E-state index in [2.05, 4.69) is 4.98 Å². The lowest BCUT2D eigenvalue weighted by molar-refractivity contribution is -0.129. The zero-order valence-corrected chi connectivity index (χ0v) is 19.1. The van der Waals surface area contributed by atoms with Crippen LogP contribution in [-0.2, 0) is 11.2 Å². The first-order valence-corrected chi connectivity index (χ1v) is 11.6. The molecule has 0 radical (unpaired) electrons. The number of hydrogen-bond donors (Lipinski definition) is 2. The van der Waals surface area contributed by atoms with E-state index in [0.717, 1.165) is 22.2 Å². The largest absolute Gasteiger partial charge is 0.503 e. The first kappa shape index (κ1) is 21.9. The molecule has 34 heavy (non-hydrogen) atoms. The van der Waals surface area contributed by atoms with Gasteiger partial charge in [-0.1, -0.05) is 18.2 Å². The quantitative estimate of drug-likeness (QED) is 0.359. The molecule has 1 amide bonds. The summed E-state index contributed by atoms with van der Waals surface area (Å²) in [5, 5.41) is 13.5. The van der Waals surface area contributed by atoms with Crippen molar-refractivity contribution in [2.75, 3.05) is 13.7 Å². The predicted octanol–water partition coefficient (Wildman–Crippen LogP) is 5.20. The number of halogens is 1. The summed E-state index contributed by atoms with van der Waals surface area (Å²) in [4.78, 5) is 31.5. The minimum atomic E-state index is -0.817. The Bertz CT molecular complexity index is 1410. The Morgan fingerprint density at radius 3 is 2.71 bits per heavy atom. The maximum absolute atomic E-state index is 13.6. The van der Waals surface area contributed by atoms with Gasteiger partial charge in [0.05, 0.1) is 23.6 Å². The van der Waals surface area contributed by atoms with E-state index in [4.69, 9.17) is 4.74 Å². The van der Waals surface area contributed by atoms with Crippen molar-refractivity contribution in [1.82, 2.24) is 9.88 Å². The number of ketones is 1. The molecule has 2 aromatic heterocycles. The number of aromatic nitrogens is 1. The molecule has 0 spiro atoms. The van der Waals surface area contributed by atoms with Crippen LogP contribution in [-0.4, -0.2) is 40.3 Å². The number of aliphatic hydroxyl groups is 1. The van der Waals surface area contributed by atoms with E-state index in [0.29, 0.717) is 16.9 Å². The molecule has 0 fully saturated rings. The molecule has 5 rings (SSSR count). The van der Waals surface area contributed by atoms with Crippen molar-refractivity contribution < 1.29 is 23.8 Å². The fourth-order valence-electron chi connectivity index (χ4n) is 4.38. The first-order valence-electron chi connectivity index (χ1n) is 10.7. The Morgan fingerprint density at radius 1 is 1.21 bits per heavy atom. The monoisotopic (exact) mass is 476 g/mol. The maximum Gasteiger partial charge on any atom is 0.290 e. The van der Waals surface area contributed by atoms with Gasteiger partial charge in [-0.15, -0.1) is 11.3 Å². The lowest BCUT2D eigenvalue weighted by atomic mass is 9.95. The Balaban J connectivity index is 1.50. The number of aromatic amines is 1. The third-order valence-electron chi connectivity index (χ3n) is 6.08. The molecule has 0 saturated carbocycles. The van der Waals surface area contributed by atoms with Gasteiger partial charge in [-0.3, -0.25) is 9.59 Å². The topological polar surface area (TPSA) is 82.6 Å². The van der Waals surface area contributed by atoms with Gasteiger partial charge >= 0.3 is 0 Å². The number of Topliss-reactive ketones (excluding diaryl/α,β-unsaturated/α-hetero) is 1. The van der Waals surface area contributed by atoms with E-state index in [1.54, 1.807) is 24.6 Å². The Kier molecular flexibility index (Phi) is 5.67. The van der Waals surface area contributed by atoms with Crippen LogP contribution in [0.25, 0.3) is 10.9 Å². The van der Waals surface area contributed by atoms with Crippen molar-refractivity contribution in [3.8, 4) is 5.75 Å². The summed E-state index contributed by atoms with van der Waals surface area (Å²) < 4.78 is 19.0. The molecule has 6 nitrogen and oxygen atoms in total. The zero-order valence-electron chi connectivity index (χ0n) is 18.2. The molecule has 8 heteroatoms. The number of benzene rings is 2. The zero-order chi connectivity index (χ0) is 23.8. The average Bonchev–Trinajstić information content (AvgIpc) is 3.58. The fourth-order valence-corrected chi connectivity index (χ4v) is 5.06. The number of aliphatic hydroxyl groups excluding tert-OH is 1. The third-order valence-corrected chi connectivity index (χ3v) is 6.94. The molecule has 0 saturated heterocycles. The lowest BCUT2D eigenvalue weighted by Gasteiger charge is -2.26. The van der Waals surface area contributed by atoms with Crippen molar-refractivity contribution in [1.29, 1.82) is 0 Å². The van der Waals surface area contributed by atoms with Crippen LogP contribution >= 0.6 is 11.3 Å². The van der Waals surface area contributed by atoms with Gasteiger partial charge in [0.1, 0.15) is 11.6 Å². The van der Waals surface area contributed by atoms with Gasteiger partial charge in [-0.25, -0.2) is 4.39 Å². The molecule has 1 unspecified atom stereocenters. The van der Waals surface area contributed by atoms with Gasteiger partial charge < -0.3 is 19.7 Å². The number of rotatable bonds is 7. The van der Waals surface area contributed by atoms with Crippen LogP contribution in [0.15, 0.2) is 77.5 Å². The predicted molar refractivity (Wildman–Crippen MR) is 128 cm³/mol. The number of nitrogens with zero attached hydrogens (tertiary/aromatic N) is 1. The minimum absolute atomic E-state index is 0.0136. The normalized spacial score (nSPS) is 16.0. The highest BCUT2D eigenvalue weighted by atomic mass is 32.1. The van der Waals surface area contributed by atoms with E-state index in [1.807, 2.05) is 24.4 Å². The molecule has 172 valence electrons. The van der Waals surface area contributed by atoms with E-state index < -0.39 is 29.3 Å². The highest BCUT2D eigenvalue weighted by Crippen LogP contribution is 2.40. The summed E-state index contributed by atoms with van der Waals surface area (Å²) in [5.41, 5.74) is 2.48. The summed E-state index contributed by atoms with van der Waals surface area (Å²) in [7, 11) is 1.60. The summed E-state index contributed by atoms with van der Waals surface area (Å²) >= 11 is 1.24. The number of thiophene rings is 1. The molecule has 2 N–H and O–H groups in total. The van der Waals surface area contributed by atoms with E-state index >= 15 is 0 Å². The van der Waals surface area contributed by atoms with Crippen LogP contribution in [0.2, 0.25) is 0 Å². The van der Waals surface area contributed by atoms with Crippen molar-refractivity contribution in [3.05, 3.63) is 99.3 Å². The number of carbonyl (C=O) groups excluding carboxylic acids is 2. The van der Waals surface area contributed by atoms with E-state index in [1.165, 1.54) is 40.5 Å². The number of hydrogen-bond acceptors (Lipinski definition) is 5. The third kappa shape index (κ3) is 3.76. The lowest BCUT2D eigenvalue weighted by Crippen LogP contribution is -2.33. The Hall–Kier alpha value is -3.91. The van der Waals surface area contributed by atoms with Crippen molar-refractivity contribution in [2.45, 2.75) is 12.5 Å². The SMILES string of the molecule is COc1ccc2[nH]cc(CCN3C(=O)C(O)=C(C(=O)c4cccs4)C3c3ccc(F)cc3)c2c1. The second-order valence-corrected chi connectivity index (χ2v) is 8.94. The van der Waals surface area contributed by atoms with Crippen LogP contribution in [0.5, 0.6) is 5.75 Å². The molecule has 1 atom stereocenters. The number of H-pyrrole nitrogens is 1. The Labute approximate surface area is 198 Å². The summed E-state index contributed by atoms with van der Waals surface area (Å²) in [6, 6.07) is 13.9. The minimum Gasteiger partial charge on any atom is -0.503 e. The summed E-state index contributed by atoms with van der Waals surface area (Å²) in [6.07, 6.45) is 2.35. The molecular weight excluding hydrogens is 455 g/mol. The molecule has 3 heterocycles. The number of nitrogens with one attached hydrogen (secondary N) is 1. The first-order chi connectivity index (χ1) is 16.5. The van der Waals surface area contributed by atoms with Crippen LogP contribution in [0.1, 0.15) is 26.8 Å². The van der Waals surface area contributed by atoms with Crippen molar-refractivity contribution >= 4 is 33.9 Å². The van der Waals surface area contributed by atoms with Gasteiger partial charge in [-0.2, -0.15) is 0 Å². The van der Waals surface area contributed by atoms with Crippen molar-refractivity contribution in [3.63, 3.8) is 0 Å². The molecule has 1 aliphatic heterocycles. The second-order valence-electron chi connectivity index (χ2n) is 8.00. The van der Waals surface area contributed by atoms with Gasteiger partial charge in [0.25, 0.3) is 5.91 Å². The van der Waals surface area contributed by atoms with Crippen LogP contribution < -0.4 is 4.74 Å². The maximum atomic E-state index is 13.6. The highest BCUT2D eigenvalue weighted by Gasteiger charge is 2.43. The highest BCUT2D eigenvalue weighted by molar-refractivity contribution is 7.12. The molecule has 0 bridgehead atoms. The molecule has 1 aliphatic rings. The standard InChI is InChI=1S/C26H21FN2O4S/c1-33-18-8-9-20-19(13-18)16(14-28-20)10-11-29-23(15-4-6-17(27)7-5-15)22(25(31)26(29)32)24(30)21-3-2-12-34-21/h2-9,12-14,23,28,31H,10-11H2,1H3. The van der Waals surface area contributed by atoms with Gasteiger partial charge in [-0.05, 0) is 59.3 Å². The van der Waals surface area contributed by atoms with E-state index in [9.17, 15) is 19.1 Å². The smallest absolute Gasteiger partial charge is 0.290 e. The van der Waals surface area contributed by atoms with E-state index in [-0.39, 0.29) is 12.1 Å². The average molecular weight is 477 g/mol. The number of amides is 1. The number of fused-ring (bicyclic) bond motifs is 1. The fraction of sp³-hybridized carbons (Fsp3) is 0.154. The van der Waals surface area contributed by atoms with Crippen LogP contribution in [0.4, 0.5) is 4.39 Å². The number of methoxy groups -OCH3 is 1. The van der Waals surface area contributed by atoms with Crippen LogP contribution in [0.3, 0.4) is 0 Å². The van der Waals surface area contributed by atoms with Crippen molar-refractivity contribution in [2.24, 2.45) is 0 Å². The summed E-state index contributed by atoms with van der Waals surface area (Å²) in [5.74, 6) is -1.29. The number of carbonyl (C=O) groups is 2. The summed E-state index contributed by atoms with van der Waals surface area (Å²) in [6.45, 7) is 0.246. The molecule has 0 aliphatic carbocycles.